The molecule has 134 valence electrons. The van der Waals surface area contributed by atoms with Gasteiger partial charge in [0.25, 0.3) is 0 Å². The van der Waals surface area contributed by atoms with Crippen molar-refractivity contribution in [2.75, 3.05) is 13.7 Å². The van der Waals surface area contributed by atoms with E-state index in [0.29, 0.717) is 18.1 Å². The smallest absolute Gasteiger partial charge is 0.127 e. The molecule has 3 aromatic rings. The first kappa shape index (κ1) is 18.5. The number of benzene rings is 3. The highest BCUT2D eigenvalue weighted by molar-refractivity contribution is 6.30. The van der Waals surface area contributed by atoms with Crippen LogP contribution in [0.15, 0.2) is 78.9 Å². The second-order valence-corrected chi connectivity index (χ2v) is 6.62. The van der Waals surface area contributed by atoms with Gasteiger partial charge in [-0.3, -0.25) is 0 Å². The quantitative estimate of drug-likeness (QED) is 0.651. The summed E-state index contributed by atoms with van der Waals surface area (Å²) < 4.78 is 5.18. The standard InChI is InChI=1S/C22H22ClNO2/c1-26-21-13-7-17(8-14-21)15-24-16-22(25,18-5-3-2-4-6-18)19-9-11-20(23)12-10-19/h2-14,24-25H,15-16H2,1H3/t22-/m0/s1. The van der Waals surface area contributed by atoms with Gasteiger partial charge < -0.3 is 15.2 Å². The van der Waals surface area contributed by atoms with Crippen molar-refractivity contribution in [3.05, 3.63) is 101 Å². The van der Waals surface area contributed by atoms with Crippen LogP contribution < -0.4 is 10.1 Å². The minimum atomic E-state index is -1.14. The number of hydrogen-bond donors (Lipinski definition) is 2. The Morgan fingerprint density at radius 1 is 0.885 bits per heavy atom. The third-order valence-electron chi connectivity index (χ3n) is 4.44. The molecular formula is C22H22ClNO2. The van der Waals surface area contributed by atoms with Crippen LogP contribution in [0.5, 0.6) is 5.75 Å². The van der Waals surface area contributed by atoms with E-state index in [9.17, 15) is 5.11 Å². The molecule has 0 aliphatic carbocycles. The molecule has 0 unspecified atom stereocenters. The maximum Gasteiger partial charge on any atom is 0.127 e. The molecule has 0 bridgehead atoms. The van der Waals surface area contributed by atoms with E-state index in [1.54, 1.807) is 19.2 Å². The van der Waals surface area contributed by atoms with Gasteiger partial charge in [-0.05, 0) is 41.0 Å². The average Bonchev–Trinajstić information content (AvgIpc) is 2.69. The van der Waals surface area contributed by atoms with Gasteiger partial charge in [0.05, 0.1) is 7.11 Å². The predicted octanol–water partition coefficient (Wildman–Crippen LogP) is 4.37. The summed E-state index contributed by atoms with van der Waals surface area (Å²) in [5.74, 6) is 0.829. The molecule has 2 N–H and O–H groups in total. The highest BCUT2D eigenvalue weighted by Crippen LogP contribution is 2.30. The molecule has 3 aromatic carbocycles. The first-order chi connectivity index (χ1) is 12.6. The Morgan fingerprint density at radius 3 is 2.12 bits per heavy atom. The summed E-state index contributed by atoms with van der Waals surface area (Å²) in [6, 6.07) is 24.9. The van der Waals surface area contributed by atoms with E-state index in [4.69, 9.17) is 16.3 Å². The molecule has 4 heteroatoms. The van der Waals surface area contributed by atoms with Crippen LogP contribution >= 0.6 is 11.6 Å². The topological polar surface area (TPSA) is 41.5 Å². The Labute approximate surface area is 159 Å². The molecule has 0 radical (unpaired) electrons. The first-order valence-corrected chi connectivity index (χ1v) is 8.87. The van der Waals surface area contributed by atoms with Crippen molar-refractivity contribution in [3.63, 3.8) is 0 Å². The number of ether oxygens (including phenoxy) is 1. The van der Waals surface area contributed by atoms with Gasteiger partial charge in [-0.25, -0.2) is 0 Å². The van der Waals surface area contributed by atoms with E-state index in [1.165, 1.54) is 0 Å². The Hall–Kier alpha value is -2.33. The highest BCUT2D eigenvalue weighted by atomic mass is 35.5. The van der Waals surface area contributed by atoms with E-state index in [1.807, 2.05) is 66.7 Å². The lowest BCUT2D eigenvalue weighted by Crippen LogP contribution is -2.39. The van der Waals surface area contributed by atoms with E-state index in [2.05, 4.69) is 5.32 Å². The molecule has 0 aliphatic rings. The van der Waals surface area contributed by atoms with Crippen LogP contribution in [0.2, 0.25) is 5.02 Å². The monoisotopic (exact) mass is 367 g/mol. The molecule has 3 rings (SSSR count). The Bertz CT molecular complexity index is 819. The summed E-state index contributed by atoms with van der Waals surface area (Å²) in [4.78, 5) is 0. The molecule has 0 amide bonds. The van der Waals surface area contributed by atoms with Crippen molar-refractivity contribution >= 4 is 11.6 Å². The molecule has 1 atom stereocenters. The zero-order chi connectivity index (χ0) is 18.4. The average molecular weight is 368 g/mol. The van der Waals surface area contributed by atoms with Gasteiger partial charge in [-0.1, -0.05) is 66.2 Å². The zero-order valence-corrected chi connectivity index (χ0v) is 15.4. The first-order valence-electron chi connectivity index (χ1n) is 8.49. The molecule has 0 heterocycles. The molecular weight excluding hydrogens is 346 g/mol. The molecule has 0 fully saturated rings. The van der Waals surface area contributed by atoms with Crippen molar-refractivity contribution in [1.82, 2.24) is 5.32 Å². The van der Waals surface area contributed by atoms with Crippen molar-refractivity contribution in [2.45, 2.75) is 12.1 Å². The second-order valence-electron chi connectivity index (χ2n) is 6.18. The Kier molecular flexibility index (Phi) is 5.94. The maximum absolute atomic E-state index is 11.5. The highest BCUT2D eigenvalue weighted by Gasteiger charge is 2.31. The molecule has 0 saturated heterocycles. The van der Waals surface area contributed by atoms with Crippen molar-refractivity contribution in [2.24, 2.45) is 0 Å². The minimum Gasteiger partial charge on any atom is -0.497 e. The number of aliphatic hydroxyl groups is 1. The summed E-state index contributed by atoms with van der Waals surface area (Å²) in [7, 11) is 1.65. The van der Waals surface area contributed by atoms with E-state index in [0.717, 1.165) is 22.4 Å². The number of nitrogens with one attached hydrogen (secondary N) is 1. The van der Waals surface area contributed by atoms with Gasteiger partial charge in [-0.2, -0.15) is 0 Å². The lowest BCUT2D eigenvalue weighted by Gasteiger charge is -2.30. The lowest BCUT2D eigenvalue weighted by atomic mass is 9.86. The second kappa shape index (κ2) is 8.37. The maximum atomic E-state index is 11.5. The van der Waals surface area contributed by atoms with Crippen LogP contribution in [-0.2, 0) is 12.1 Å². The molecule has 0 aliphatic heterocycles. The van der Waals surface area contributed by atoms with Gasteiger partial charge in [0, 0.05) is 18.1 Å². The van der Waals surface area contributed by atoms with Gasteiger partial charge in [0.15, 0.2) is 0 Å². The van der Waals surface area contributed by atoms with Crippen LogP contribution in [0, 0.1) is 0 Å². The van der Waals surface area contributed by atoms with Crippen molar-refractivity contribution in [3.8, 4) is 5.75 Å². The molecule has 0 aromatic heterocycles. The molecule has 26 heavy (non-hydrogen) atoms. The van der Waals surface area contributed by atoms with E-state index >= 15 is 0 Å². The fourth-order valence-corrected chi connectivity index (χ4v) is 3.07. The molecule has 3 nitrogen and oxygen atoms in total. The van der Waals surface area contributed by atoms with Crippen LogP contribution in [0.3, 0.4) is 0 Å². The van der Waals surface area contributed by atoms with Crippen LogP contribution in [0.25, 0.3) is 0 Å². The third kappa shape index (κ3) is 4.25. The van der Waals surface area contributed by atoms with Crippen LogP contribution in [-0.4, -0.2) is 18.8 Å². The number of rotatable bonds is 7. The summed E-state index contributed by atoms with van der Waals surface area (Å²) in [5.41, 5.74) is 1.62. The Morgan fingerprint density at radius 2 is 1.50 bits per heavy atom. The van der Waals surface area contributed by atoms with E-state index in [-0.39, 0.29) is 0 Å². The fourth-order valence-electron chi connectivity index (χ4n) is 2.94. The number of hydrogen-bond acceptors (Lipinski definition) is 3. The van der Waals surface area contributed by atoms with Crippen molar-refractivity contribution in [1.29, 1.82) is 0 Å². The Balaban J connectivity index is 1.78. The third-order valence-corrected chi connectivity index (χ3v) is 4.69. The van der Waals surface area contributed by atoms with Crippen LogP contribution in [0.1, 0.15) is 16.7 Å². The predicted molar refractivity (Wildman–Crippen MR) is 106 cm³/mol. The largest absolute Gasteiger partial charge is 0.497 e. The normalized spacial score (nSPS) is 13.2. The summed E-state index contributed by atoms with van der Waals surface area (Å²) in [5, 5.41) is 15.5. The van der Waals surface area contributed by atoms with E-state index < -0.39 is 5.60 Å². The number of halogens is 1. The van der Waals surface area contributed by atoms with Crippen molar-refractivity contribution < 1.29 is 9.84 Å². The molecule has 0 saturated carbocycles. The van der Waals surface area contributed by atoms with Gasteiger partial charge >= 0.3 is 0 Å². The summed E-state index contributed by atoms with van der Waals surface area (Å²) in [6.45, 7) is 1.03. The van der Waals surface area contributed by atoms with Gasteiger partial charge in [0.1, 0.15) is 11.4 Å². The summed E-state index contributed by atoms with van der Waals surface area (Å²) >= 11 is 6.01. The molecule has 0 spiro atoms. The summed E-state index contributed by atoms with van der Waals surface area (Å²) in [6.07, 6.45) is 0. The van der Waals surface area contributed by atoms with Gasteiger partial charge in [0.2, 0.25) is 0 Å². The zero-order valence-electron chi connectivity index (χ0n) is 14.7. The minimum absolute atomic E-state index is 0.380. The number of methoxy groups -OCH3 is 1. The lowest BCUT2D eigenvalue weighted by molar-refractivity contribution is 0.0796. The fraction of sp³-hybridized carbons (Fsp3) is 0.182. The SMILES string of the molecule is COc1ccc(CNC[C@](O)(c2ccccc2)c2ccc(Cl)cc2)cc1. The van der Waals surface area contributed by atoms with Crippen LogP contribution in [0.4, 0.5) is 0 Å². The van der Waals surface area contributed by atoms with Gasteiger partial charge in [-0.15, -0.1) is 0 Å².